The zero-order valence-corrected chi connectivity index (χ0v) is 18.9. The van der Waals surface area contributed by atoms with Gasteiger partial charge in [-0.05, 0) is 45.4 Å². The van der Waals surface area contributed by atoms with E-state index in [1.165, 1.54) is 19.3 Å². The number of benzene rings is 1. The number of hydrogen-bond acceptors (Lipinski definition) is 4. The smallest absolute Gasteiger partial charge is 0.338 e. The van der Waals surface area contributed by atoms with Crippen LogP contribution in [-0.4, -0.2) is 54.6 Å². The van der Waals surface area contributed by atoms with Gasteiger partial charge in [0.2, 0.25) is 0 Å². The molecule has 0 spiro atoms. The molecule has 164 valence electrons. The van der Waals surface area contributed by atoms with Crippen LogP contribution in [0.2, 0.25) is 5.02 Å². The summed E-state index contributed by atoms with van der Waals surface area (Å²) in [5.41, 5.74) is 1.87. The van der Waals surface area contributed by atoms with E-state index in [1.54, 1.807) is 17.9 Å². The third-order valence-electron chi connectivity index (χ3n) is 6.06. The number of esters is 1. The number of hydrogen-bond donors (Lipinski definition) is 1. The van der Waals surface area contributed by atoms with Gasteiger partial charge in [-0.15, -0.1) is 0 Å². The van der Waals surface area contributed by atoms with Gasteiger partial charge in [-0.2, -0.15) is 0 Å². The van der Waals surface area contributed by atoms with Crippen molar-refractivity contribution >= 4 is 23.6 Å². The minimum atomic E-state index is -0.636. The fourth-order valence-corrected chi connectivity index (χ4v) is 4.73. The third-order valence-corrected chi connectivity index (χ3v) is 6.41. The van der Waals surface area contributed by atoms with Gasteiger partial charge in [-0.25, -0.2) is 9.59 Å². The summed E-state index contributed by atoms with van der Waals surface area (Å²) in [6, 6.07) is 6.90. The van der Waals surface area contributed by atoms with Crippen LogP contribution in [0.1, 0.15) is 57.6 Å². The van der Waals surface area contributed by atoms with Gasteiger partial charge < -0.3 is 10.1 Å². The summed E-state index contributed by atoms with van der Waals surface area (Å²) in [7, 11) is 2.08. The maximum atomic E-state index is 13.1. The van der Waals surface area contributed by atoms with E-state index in [0.29, 0.717) is 41.0 Å². The molecule has 3 rings (SSSR count). The molecule has 1 aliphatic heterocycles. The van der Waals surface area contributed by atoms with Gasteiger partial charge in [0.25, 0.3) is 0 Å². The number of ether oxygens (including phenoxy) is 1. The molecule has 7 heteroatoms. The number of likely N-dealkylation sites (N-methyl/N-ethyl adjacent to an activating group) is 2. The minimum Gasteiger partial charge on any atom is -0.463 e. The minimum absolute atomic E-state index is 0.220. The van der Waals surface area contributed by atoms with Crippen LogP contribution in [0.15, 0.2) is 35.5 Å². The van der Waals surface area contributed by atoms with Gasteiger partial charge in [-0.3, -0.25) is 9.80 Å². The third kappa shape index (κ3) is 4.81. The number of nitrogens with one attached hydrogen (secondary N) is 1. The maximum Gasteiger partial charge on any atom is 0.338 e. The summed E-state index contributed by atoms with van der Waals surface area (Å²) < 4.78 is 5.42. The molecular weight excluding hydrogens is 402 g/mol. The summed E-state index contributed by atoms with van der Waals surface area (Å²) in [6.07, 6.45) is 6.01. The molecule has 30 heavy (non-hydrogen) atoms. The second-order valence-corrected chi connectivity index (χ2v) is 8.34. The number of rotatable bonds is 7. The average molecular weight is 434 g/mol. The van der Waals surface area contributed by atoms with Crippen molar-refractivity contribution in [3.8, 4) is 0 Å². The number of nitrogens with zero attached hydrogens (tertiary/aromatic N) is 2. The van der Waals surface area contributed by atoms with Gasteiger partial charge in [-0.1, -0.05) is 49.1 Å². The van der Waals surface area contributed by atoms with Crippen molar-refractivity contribution in [3.63, 3.8) is 0 Å². The first kappa shape index (κ1) is 22.6. The Bertz CT molecular complexity index is 805. The Morgan fingerprint density at radius 1 is 1.23 bits per heavy atom. The van der Waals surface area contributed by atoms with Gasteiger partial charge in [0.1, 0.15) is 0 Å². The van der Waals surface area contributed by atoms with E-state index in [1.807, 2.05) is 25.1 Å². The Labute approximate surface area is 184 Å². The highest BCUT2D eigenvalue weighted by Crippen LogP contribution is 2.35. The lowest BCUT2D eigenvalue weighted by Gasteiger charge is -2.39. The van der Waals surface area contributed by atoms with E-state index in [9.17, 15) is 9.59 Å². The van der Waals surface area contributed by atoms with Gasteiger partial charge in [0.15, 0.2) is 0 Å². The molecule has 1 heterocycles. The molecule has 2 amide bonds. The van der Waals surface area contributed by atoms with Crippen LogP contribution in [0.3, 0.4) is 0 Å². The molecule has 1 N–H and O–H groups in total. The number of amides is 2. The van der Waals surface area contributed by atoms with Gasteiger partial charge >= 0.3 is 12.0 Å². The van der Waals surface area contributed by atoms with Gasteiger partial charge in [0.05, 0.1) is 18.2 Å². The first-order chi connectivity index (χ1) is 14.5. The van der Waals surface area contributed by atoms with Crippen LogP contribution in [0, 0.1) is 0 Å². The molecular formula is C23H32ClN3O3. The SMILES string of the molecule is CCOC(=O)C1=C(CN(C)C2CCCCC2)N(CC)C(=O)NC1c1ccccc1Cl. The molecule has 0 bridgehead atoms. The average Bonchev–Trinajstić information content (AvgIpc) is 2.74. The second kappa shape index (κ2) is 10.3. The molecule has 1 atom stereocenters. The molecule has 1 unspecified atom stereocenters. The van der Waals surface area contributed by atoms with E-state index in [-0.39, 0.29) is 12.6 Å². The number of carbonyl (C=O) groups excluding carboxylic acids is 2. The quantitative estimate of drug-likeness (QED) is 0.643. The molecule has 1 aromatic carbocycles. The standard InChI is InChI=1S/C23H32ClN3O3/c1-4-27-19(15-26(3)16-11-7-6-8-12-16)20(22(28)30-5-2)21(25-23(27)29)17-13-9-10-14-18(17)24/h9-10,13-14,16,21H,4-8,11-12,15H2,1-3H3,(H,25,29). The molecule has 1 saturated carbocycles. The highest BCUT2D eigenvalue weighted by atomic mass is 35.5. The van der Waals surface area contributed by atoms with E-state index in [4.69, 9.17) is 16.3 Å². The van der Waals surface area contributed by atoms with E-state index in [2.05, 4.69) is 17.3 Å². The summed E-state index contributed by atoms with van der Waals surface area (Å²) in [6.45, 7) is 4.96. The Morgan fingerprint density at radius 3 is 2.57 bits per heavy atom. The van der Waals surface area contributed by atoms with Crippen molar-refractivity contribution in [1.82, 2.24) is 15.1 Å². The summed E-state index contributed by atoms with van der Waals surface area (Å²) in [5.74, 6) is -0.409. The predicted molar refractivity (Wildman–Crippen MR) is 118 cm³/mol. The fourth-order valence-electron chi connectivity index (χ4n) is 4.49. The Morgan fingerprint density at radius 2 is 1.93 bits per heavy atom. The molecule has 1 fully saturated rings. The first-order valence-corrected chi connectivity index (χ1v) is 11.3. The Hall–Kier alpha value is -2.05. The number of carbonyl (C=O) groups is 2. The van der Waals surface area contributed by atoms with Crippen molar-refractivity contribution in [2.75, 3.05) is 26.7 Å². The molecule has 0 radical (unpaired) electrons. The van der Waals surface area contributed by atoms with Crippen molar-refractivity contribution in [2.24, 2.45) is 0 Å². The van der Waals surface area contributed by atoms with Crippen molar-refractivity contribution in [1.29, 1.82) is 0 Å². The predicted octanol–water partition coefficient (Wildman–Crippen LogP) is 4.51. The molecule has 0 saturated heterocycles. The fraction of sp³-hybridized carbons (Fsp3) is 0.565. The highest BCUT2D eigenvalue weighted by Gasteiger charge is 2.39. The maximum absolute atomic E-state index is 13.1. The molecule has 2 aliphatic rings. The lowest BCUT2D eigenvalue weighted by atomic mass is 9.92. The van der Waals surface area contributed by atoms with Crippen LogP contribution in [0.25, 0.3) is 0 Å². The highest BCUT2D eigenvalue weighted by molar-refractivity contribution is 6.31. The van der Waals surface area contributed by atoms with Crippen LogP contribution in [-0.2, 0) is 9.53 Å². The zero-order chi connectivity index (χ0) is 21.7. The van der Waals surface area contributed by atoms with Crippen LogP contribution in [0.5, 0.6) is 0 Å². The molecule has 0 aromatic heterocycles. The normalized spacial score (nSPS) is 20.5. The van der Waals surface area contributed by atoms with Crippen LogP contribution in [0.4, 0.5) is 4.79 Å². The monoisotopic (exact) mass is 433 g/mol. The van der Waals surface area contributed by atoms with Crippen molar-refractivity contribution < 1.29 is 14.3 Å². The van der Waals surface area contributed by atoms with Crippen LogP contribution >= 0.6 is 11.6 Å². The van der Waals surface area contributed by atoms with Gasteiger partial charge in [0, 0.05) is 29.9 Å². The second-order valence-electron chi connectivity index (χ2n) is 7.94. The first-order valence-electron chi connectivity index (χ1n) is 10.9. The molecule has 1 aromatic rings. The Balaban J connectivity index is 2.06. The Kier molecular flexibility index (Phi) is 7.78. The lowest BCUT2D eigenvalue weighted by molar-refractivity contribution is -0.139. The van der Waals surface area contributed by atoms with Crippen molar-refractivity contribution in [2.45, 2.75) is 58.0 Å². The summed E-state index contributed by atoms with van der Waals surface area (Å²) in [5, 5.41) is 3.48. The topological polar surface area (TPSA) is 61.9 Å². The largest absolute Gasteiger partial charge is 0.463 e. The van der Waals surface area contributed by atoms with Crippen LogP contribution < -0.4 is 5.32 Å². The number of halogens is 1. The van der Waals surface area contributed by atoms with E-state index < -0.39 is 12.0 Å². The summed E-state index contributed by atoms with van der Waals surface area (Å²) in [4.78, 5) is 30.0. The molecule has 1 aliphatic carbocycles. The van der Waals surface area contributed by atoms with E-state index in [0.717, 1.165) is 12.8 Å². The molecule has 6 nitrogen and oxygen atoms in total. The van der Waals surface area contributed by atoms with E-state index >= 15 is 0 Å². The number of urea groups is 1. The zero-order valence-electron chi connectivity index (χ0n) is 18.1. The van der Waals surface area contributed by atoms with Crippen molar-refractivity contribution in [3.05, 3.63) is 46.1 Å². The summed E-state index contributed by atoms with van der Waals surface area (Å²) >= 11 is 6.45. The lowest BCUT2D eigenvalue weighted by Crippen LogP contribution is -2.51.